The standard InChI is InChI=1S/C13H14N2O2/c1-9-4-3-5-10(8-9)13(16)11-6-7-12(17-2)15-14-11/h3-8,13,16H,1-2H3. The third kappa shape index (κ3) is 2.60. The Hall–Kier alpha value is -1.94. The molecule has 0 aliphatic rings. The average Bonchev–Trinajstić information content (AvgIpc) is 2.38. The van der Waals surface area contributed by atoms with E-state index in [-0.39, 0.29) is 0 Å². The SMILES string of the molecule is COc1ccc(C(O)c2cccc(C)c2)nn1. The fraction of sp³-hybridized carbons (Fsp3) is 0.231. The summed E-state index contributed by atoms with van der Waals surface area (Å²) in [5.74, 6) is 0.435. The van der Waals surface area contributed by atoms with Crippen LogP contribution < -0.4 is 4.74 Å². The Labute approximate surface area is 99.9 Å². The summed E-state index contributed by atoms with van der Waals surface area (Å²) in [7, 11) is 1.53. The van der Waals surface area contributed by atoms with E-state index in [2.05, 4.69) is 10.2 Å². The number of aliphatic hydroxyl groups is 1. The summed E-state index contributed by atoms with van der Waals surface area (Å²) in [4.78, 5) is 0. The Morgan fingerprint density at radius 2 is 2.00 bits per heavy atom. The molecule has 0 spiro atoms. The number of methoxy groups -OCH3 is 1. The van der Waals surface area contributed by atoms with Gasteiger partial charge in [0.05, 0.1) is 12.8 Å². The van der Waals surface area contributed by atoms with Crippen molar-refractivity contribution in [3.63, 3.8) is 0 Å². The van der Waals surface area contributed by atoms with Gasteiger partial charge in [-0.3, -0.25) is 0 Å². The molecule has 17 heavy (non-hydrogen) atoms. The van der Waals surface area contributed by atoms with Gasteiger partial charge in [0.1, 0.15) is 6.10 Å². The molecule has 0 amide bonds. The lowest BCUT2D eigenvalue weighted by atomic mass is 10.0. The molecule has 1 atom stereocenters. The summed E-state index contributed by atoms with van der Waals surface area (Å²) in [5, 5.41) is 17.9. The number of benzene rings is 1. The number of ether oxygens (including phenoxy) is 1. The molecule has 0 saturated heterocycles. The van der Waals surface area contributed by atoms with Crippen molar-refractivity contribution in [1.82, 2.24) is 10.2 Å². The van der Waals surface area contributed by atoms with Crippen molar-refractivity contribution < 1.29 is 9.84 Å². The number of hydrogen-bond acceptors (Lipinski definition) is 4. The van der Waals surface area contributed by atoms with E-state index < -0.39 is 6.10 Å². The maximum absolute atomic E-state index is 10.1. The predicted molar refractivity (Wildman–Crippen MR) is 63.8 cm³/mol. The molecule has 88 valence electrons. The highest BCUT2D eigenvalue weighted by atomic mass is 16.5. The van der Waals surface area contributed by atoms with Crippen LogP contribution in [0.1, 0.15) is 22.9 Å². The number of nitrogens with zero attached hydrogens (tertiary/aromatic N) is 2. The lowest BCUT2D eigenvalue weighted by Gasteiger charge is -2.10. The molecule has 2 aromatic rings. The number of rotatable bonds is 3. The van der Waals surface area contributed by atoms with Gasteiger partial charge in [0.15, 0.2) is 0 Å². The van der Waals surface area contributed by atoms with Crippen LogP contribution in [0.2, 0.25) is 0 Å². The van der Waals surface area contributed by atoms with Gasteiger partial charge in [-0.15, -0.1) is 10.2 Å². The van der Waals surface area contributed by atoms with E-state index in [9.17, 15) is 5.11 Å². The van der Waals surface area contributed by atoms with Gasteiger partial charge in [0.25, 0.3) is 0 Å². The average molecular weight is 230 g/mol. The lowest BCUT2D eigenvalue weighted by Crippen LogP contribution is -2.04. The van der Waals surface area contributed by atoms with Crippen molar-refractivity contribution in [3.8, 4) is 5.88 Å². The third-order valence-electron chi connectivity index (χ3n) is 2.51. The molecule has 1 aromatic heterocycles. The first-order valence-electron chi connectivity index (χ1n) is 5.33. The molecule has 0 saturated carbocycles. The first kappa shape index (κ1) is 11.5. The lowest BCUT2D eigenvalue weighted by molar-refractivity contribution is 0.213. The van der Waals surface area contributed by atoms with E-state index in [1.54, 1.807) is 12.1 Å². The van der Waals surface area contributed by atoms with E-state index >= 15 is 0 Å². The van der Waals surface area contributed by atoms with Crippen molar-refractivity contribution in [3.05, 3.63) is 53.2 Å². The van der Waals surface area contributed by atoms with Crippen LogP contribution in [-0.2, 0) is 0 Å². The normalized spacial score (nSPS) is 12.2. The van der Waals surface area contributed by atoms with Gasteiger partial charge in [-0.2, -0.15) is 0 Å². The maximum atomic E-state index is 10.1. The zero-order valence-electron chi connectivity index (χ0n) is 9.79. The van der Waals surface area contributed by atoms with Gasteiger partial charge >= 0.3 is 0 Å². The van der Waals surface area contributed by atoms with Crippen LogP contribution in [0.25, 0.3) is 0 Å². The third-order valence-corrected chi connectivity index (χ3v) is 2.51. The summed E-state index contributed by atoms with van der Waals surface area (Å²) >= 11 is 0. The predicted octanol–water partition coefficient (Wildman–Crippen LogP) is 1.88. The second-order valence-electron chi connectivity index (χ2n) is 3.82. The molecular formula is C13H14N2O2. The topological polar surface area (TPSA) is 55.2 Å². The molecule has 4 heteroatoms. The fourth-order valence-corrected chi connectivity index (χ4v) is 1.60. The second kappa shape index (κ2) is 4.93. The Balaban J connectivity index is 2.27. The first-order valence-corrected chi connectivity index (χ1v) is 5.33. The summed E-state index contributed by atoms with van der Waals surface area (Å²) in [6, 6.07) is 11.1. The zero-order valence-corrected chi connectivity index (χ0v) is 9.79. The van der Waals surface area contributed by atoms with Crippen LogP contribution in [0.3, 0.4) is 0 Å². The van der Waals surface area contributed by atoms with E-state index in [1.807, 2.05) is 31.2 Å². The first-order chi connectivity index (χ1) is 8.20. The van der Waals surface area contributed by atoms with Crippen molar-refractivity contribution in [1.29, 1.82) is 0 Å². The highest BCUT2D eigenvalue weighted by Gasteiger charge is 2.12. The van der Waals surface area contributed by atoms with Crippen LogP contribution in [-0.4, -0.2) is 22.4 Å². The largest absolute Gasteiger partial charge is 0.480 e. The summed E-state index contributed by atoms with van der Waals surface area (Å²) < 4.78 is 4.92. The Kier molecular flexibility index (Phi) is 3.35. The minimum atomic E-state index is -0.756. The molecule has 0 radical (unpaired) electrons. The molecule has 0 aliphatic carbocycles. The number of aliphatic hydroxyl groups excluding tert-OH is 1. The van der Waals surface area contributed by atoms with Crippen LogP contribution in [0, 0.1) is 6.92 Å². The van der Waals surface area contributed by atoms with E-state index in [0.717, 1.165) is 11.1 Å². The van der Waals surface area contributed by atoms with Gasteiger partial charge in [0, 0.05) is 6.07 Å². The summed E-state index contributed by atoms with van der Waals surface area (Å²) in [6.45, 7) is 1.98. The molecule has 1 heterocycles. The Morgan fingerprint density at radius 3 is 2.59 bits per heavy atom. The molecule has 4 nitrogen and oxygen atoms in total. The fourth-order valence-electron chi connectivity index (χ4n) is 1.60. The van der Waals surface area contributed by atoms with Crippen LogP contribution in [0.15, 0.2) is 36.4 Å². The Bertz CT molecular complexity index is 497. The molecule has 0 bridgehead atoms. The van der Waals surface area contributed by atoms with Gasteiger partial charge in [0.2, 0.25) is 5.88 Å². The van der Waals surface area contributed by atoms with E-state index in [0.29, 0.717) is 11.6 Å². The maximum Gasteiger partial charge on any atom is 0.233 e. The van der Waals surface area contributed by atoms with Crippen LogP contribution in [0.4, 0.5) is 0 Å². The molecule has 2 rings (SSSR count). The number of aryl methyl sites for hydroxylation is 1. The summed E-state index contributed by atoms with van der Waals surface area (Å²) in [5.41, 5.74) is 2.42. The monoisotopic (exact) mass is 230 g/mol. The minimum absolute atomic E-state index is 0.435. The van der Waals surface area contributed by atoms with E-state index in [4.69, 9.17) is 4.74 Å². The molecule has 1 unspecified atom stereocenters. The van der Waals surface area contributed by atoms with Crippen molar-refractivity contribution in [2.24, 2.45) is 0 Å². The van der Waals surface area contributed by atoms with E-state index in [1.165, 1.54) is 7.11 Å². The quantitative estimate of drug-likeness (QED) is 0.874. The van der Waals surface area contributed by atoms with Crippen molar-refractivity contribution in [2.45, 2.75) is 13.0 Å². The van der Waals surface area contributed by atoms with Gasteiger partial charge in [-0.25, -0.2) is 0 Å². The summed E-state index contributed by atoms with van der Waals surface area (Å²) in [6.07, 6.45) is -0.756. The highest BCUT2D eigenvalue weighted by molar-refractivity contribution is 5.29. The van der Waals surface area contributed by atoms with Crippen LogP contribution >= 0.6 is 0 Å². The number of hydrogen-bond donors (Lipinski definition) is 1. The molecule has 1 N–H and O–H groups in total. The zero-order chi connectivity index (χ0) is 12.3. The molecule has 0 fully saturated rings. The molecule has 1 aromatic carbocycles. The van der Waals surface area contributed by atoms with Crippen LogP contribution in [0.5, 0.6) is 5.88 Å². The van der Waals surface area contributed by atoms with Gasteiger partial charge in [-0.1, -0.05) is 29.8 Å². The molecular weight excluding hydrogens is 216 g/mol. The highest BCUT2D eigenvalue weighted by Crippen LogP contribution is 2.21. The van der Waals surface area contributed by atoms with Gasteiger partial charge in [-0.05, 0) is 18.6 Å². The number of aromatic nitrogens is 2. The van der Waals surface area contributed by atoms with Crippen molar-refractivity contribution >= 4 is 0 Å². The second-order valence-corrected chi connectivity index (χ2v) is 3.82. The smallest absolute Gasteiger partial charge is 0.233 e. The van der Waals surface area contributed by atoms with Gasteiger partial charge < -0.3 is 9.84 Å². The Morgan fingerprint density at radius 1 is 1.18 bits per heavy atom. The van der Waals surface area contributed by atoms with Crippen molar-refractivity contribution in [2.75, 3.05) is 7.11 Å². The molecule has 0 aliphatic heterocycles. The minimum Gasteiger partial charge on any atom is -0.480 e.